The largest absolute Gasteiger partial charge is 0.368 e. The van der Waals surface area contributed by atoms with Crippen LogP contribution in [0, 0.1) is 0 Å². The van der Waals surface area contributed by atoms with Crippen LogP contribution in [0.5, 0.6) is 0 Å². The van der Waals surface area contributed by atoms with E-state index in [2.05, 4.69) is 10.00 Å². The zero-order chi connectivity index (χ0) is 18.8. The first-order valence-corrected chi connectivity index (χ1v) is 9.23. The summed E-state index contributed by atoms with van der Waals surface area (Å²) in [6, 6.07) is 15.0. The molecule has 1 aliphatic rings. The van der Waals surface area contributed by atoms with Crippen LogP contribution in [0.15, 0.2) is 59.5 Å². The standard InChI is InChI=1S/C20H19ClN4O2/c21-16-5-7-17(8-6-16)23-9-11-24(12-10-23)19(26)14-25-20(27)18-4-2-1-3-15(18)13-22-25/h1-8,13H,9-12,14H2. The number of carbonyl (C=O) groups is 1. The number of halogens is 1. The summed E-state index contributed by atoms with van der Waals surface area (Å²) in [7, 11) is 0. The van der Waals surface area contributed by atoms with Crippen LogP contribution in [0.4, 0.5) is 5.69 Å². The van der Waals surface area contributed by atoms with Crippen LogP contribution in [-0.4, -0.2) is 46.8 Å². The van der Waals surface area contributed by atoms with Crippen LogP contribution in [0.25, 0.3) is 10.8 Å². The second-order valence-electron chi connectivity index (χ2n) is 6.54. The molecule has 0 unspecified atom stereocenters. The Bertz CT molecular complexity index is 1020. The summed E-state index contributed by atoms with van der Waals surface area (Å²) in [4.78, 5) is 29.2. The fourth-order valence-corrected chi connectivity index (χ4v) is 3.46. The number of rotatable bonds is 3. The molecule has 0 spiro atoms. The van der Waals surface area contributed by atoms with Gasteiger partial charge in [0.05, 0.1) is 11.6 Å². The molecule has 1 saturated heterocycles. The number of hydrogen-bond acceptors (Lipinski definition) is 4. The molecule has 1 fully saturated rings. The second kappa shape index (κ2) is 7.40. The van der Waals surface area contributed by atoms with Gasteiger partial charge in [-0.3, -0.25) is 9.59 Å². The van der Waals surface area contributed by atoms with Gasteiger partial charge in [0.1, 0.15) is 6.54 Å². The molecule has 27 heavy (non-hydrogen) atoms. The van der Waals surface area contributed by atoms with E-state index in [4.69, 9.17) is 11.6 Å². The van der Waals surface area contributed by atoms with Crippen LogP contribution in [-0.2, 0) is 11.3 Å². The quantitative estimate of drug-likeness (QED) is 0.698. The number of hydrogen-bond donors (Lipinski definition) is 0. The Morgan fingerprint density at radius 1 is 1.00 bits per heavy atom. The van der Waals surface area contributed by atoms with E-state index in [1.165, 1.54) is 4.68 Å². The first-order chi connectivity index (χ1) is 13.1. The van der Waals surface area contributed by atoms with E-state index in [1.54, 1.807) is 17.2 Å². The summed E-state index contributed by atoms with van der Waals surface area (Å²) in [6.45, 7) is 2.68. The normalized spacial score (nSPS) is 14.6. The topological polar surface area (TPSA) is 58.4 Å². The highest BCUT2D eigenvalue weighted by Gasteiger charge is 2.22. The lowest BCUT2D eigenvalue weighted by molar-refractivity contribution is -0.132. The van der Waals surface area contributed by atoms with Crippen molar-refractivity contribution in [3.63, 3.8) is 0 Å². The minimum atomic E-state index is -0.235. The lowest BCUT2D eigenvalue weighted by atomic mass is 10.2. The Kier molecular flexibility index (Phi) is 4.81. The Balaban J connectivity index is 1.42. The van der Waals surface area contributed by atoms with Crippen LogP contribution >= 0.6 is 11.6 Å². The Hall–Kier alpha value is -2.86. The molecule has 0 saturated carbocycles. The molecule has 6 nitrogen and oxygen atoms in total. The minimum Gasteiger partial charge on any atom is -0.368 e. The van der Waals surface area contributed by atoms with Gasteiger partial charge in [-0.05, 0) is 30.3 Å². The van der Waals surface area contributed by atoms with Crippen molar-refractivity contribution in [3.05, 3.63) is 70.1 Å². The number of benzene rings is 2. The van der Waals surface area contributed by atoms with Gasteiger partial charge >= 0.3 is 0 Å². The van der Waals surface area contributed by atoms with Crippen LogP contribution in [0.3, 0.4) is 0 Å². The molecule has 0 bridgehead atoms. The van der Waals surface area contributed by atoms with Gasteiger partial charge in [0.2, 0.25) is 5.91 Å². The third kappa shape index (κ3) is 3.66. The first kappa shape index (κ1) is 17.5. The van der Waals surface area contributed by atoms with Crippen molar-refractivity contribution in [2.24, 2.45) is 0 Å². The zero-order valence-electron chi connectivity index (χ0n) is 14.7. The molecule has 0 aliphatic carbocycles. The highest BCUT2D eigenvalue weighted by atomic mass is 35.5. The van der Waals surface area contributed by atoms with Crippen molar-refractivity contribution in [1.29, 1.82) is 0 Å². The molecule has 7 heteroatoms. The maximum absolute atomic E-state index is 12.6. The maximum Gasteiger partial charge on any atom is 0.275 e. The molecular weight excluding hydrogens is 364 g/mol. The molecule has 1 aliphatic heterocycles. The third-order valence-electron chi connectivity index (χ3n) is 4.87. The lowest BCUT2D eigenvalue weighted by Gasteiger charge is -2.36. The third-order valence-corrected chi connectivity index (χ3v) is 5.12. The van der Waals surface area contributed by atoms with Crippen molar-refractivity contribution in [3.8, 4) is 0 Å². The number of anilines is 1. The first-order valence-electron chi connectivity index (χ1n) is 8.85. The van der Waals surface area contributed by atoms with Crippen molar-refractivity contribution >= 4 is 34.0 Å². The molecule has 0 atom stereocenters. The molecule has 0 N–H and O–H groups in total. The van der Waals surface area contributed by atoms with Gasteiger partial charge in [-0.2, -0.15) is 5.10 Å². The molecule has 2 heterocycles. The van der Waals surface area contributed by atoms with Gasteiger partial charge in [-0.25, -0.2) is 4.68 Å². The van der Waals surface area contributed by atoms with Crippen LogP contribution < -0.4 is 10.5 Å². The van der Waals surface area contributed by atoms with E-state index in [0.29, 0.717) is 23.5 Å². The van der Waals surface area contributed by atoms with Gasteiger partial charge < -0.3 is 9.80 Å². The average Bonchev–Trinajstić information content (AvgIpc) is 2.71. The summed E-state index contributed by atoms with van der Waals surface area (Å²) in [5.74, 6) is -0.0874. The lowest BCUT2D eigenvalue weighted by Crippen LogP contribution is -2.50. The number of amides is 1. The highest BCUT2D eigenvalue weighted by Crippen LogP contribution is 2.19. The van der Waals surface area contributed by atoms with Crippen molar-refractivity contribution in [2.75, 3.05) is 31.1 Å². The van der Waals surface area contributed by atoms with Gasteiger partial charge in [0.25, 0.3) is 5.56 Å². The predicted molar refractivity (Wildman–Crippen MR) is 106 cm³/mol. The van der Waals surface area contributed by atoms with Gasteiger partial charge in [-0.15, -0.1) is 0 Å². The Morgan fingerprint density at radius 3 is 2.44 bits per heavy atom. The SMILES string of the molecule is O=C(Cn1ncc2ccccc2c1=O)N1CCN(c2ccc(Cl)cc2)CC1. The van der Waals surface area contributed by atoms with E-state index < -0.39 is 0 Å². The summed E-state index contributed by atoms with van der Waals surface area (Å²) >= 11 is 5.94. The number of aromatic nitrogens is 2. The number of carbonyl (C=O) groups excluding carboxylic acids is 1. The van der Waals surface area contributed by atoms with Gasteiger partial charge in [0.15, 0.2) is 0 Å². The smallest absolute Gasteiger partial charge is 0.275 e. The van der Waals surface area contributed by atoms with Crippen molar-refractivity contribution in [1.82, 2.24) is 14.7 Å². The van der Waals surface area contributed by atoms with Crippen molar-refractivity contribution in [2.45, 2.75) is 6.54 Å². The summed E-state index contributed by atoms with van der Waals surface area (Å²) in [5.41, 5.74) is 0.861. The Morgan fingerprint density at radius 2 is 1.70 bits per heavy atom. The van der Waals surface area contributed by atoms with E-state index in [-0.39, 0.29) is 18.0 Å². The monoisotopic (exact) mass is 382 g/mol. The zero-order valence-corrected chi connectivity index (χ0v) is 15.5. The maximum atomic E-state index is 12.6. The summed E-state index contributed by atoms with van der Waals surface area (Å²) in [5, 5.41) is 6.21. The molecule has 138 valence electrons. The fourth-order valence-electron chi connectivity index (χ4n) is 3.33. The molecule has 1 amide bonds. The molecule has 0 radical (unpaired) electrons. The van der Waals surface area contributed by atoms with Crippen molar-refractivity contribution < 1.29 is 4.79 Å². The second-order valence-corrected chi connectivity index (χ2v) is 6.98. The molecule has 4 rings (SSSR count). The average molecular weight is 383 g/mol. The van der Waals surface area contributed by atoms with Crippen LogP contribution in [0.2, 0.25) is 5.02 Å². The molecule has 1 aromatic heterocycles. The van der Waals surface area contributed by atoms with E-state index in [1.807, 2.05) is 42.5 Å². The highest BCUT2D eigenvalue weighted by molar-refractivity contribution is 6.30. The Labute approximate surface area is 161 Å². The molecule has 2 aromatic carbocycles. The molecule has 3 aromatic rings. The summed E-state index contributed by atoms with van der Waals surface area (Å²) < 4.78 is 1.25. The van der Waals surface area contributed by atoms with E-state index in [0.717, 1.165) is 24.2 Å². The van der Waals surface area contributed by atoms with Crippen LogP contribution in [0.1, 0.15) is 0 Å². The van der Waals surface area contributed by atoms with E-state index in [9.17, 15) is 9.59 Å². The van der Waals surface area contributed by atoms with Gasteiger partial charge in [0, 0.05) is 42.3 Å². The minimum absolute atomic E-state index is 0.0371. The predicted octanol–water partition coefficient (Wildman–Crippen LogP) is 2.40. The van der Waals surface area contributed by atoms with E-state index >= 15 is 0 Å². The number of nitrogens with zero attached hydrogens (tertiary/aromatic N) is 4. The van der Waals surface area contributed by atoms with Gasteiger partial charge in [-0.1, -0.05) is 29.8 Å². The summed E-state index contributed by atoms with van der Waals surface area (Å²) in [6.07, 6.45) is 1.63. The molecular formula is C20H19ClN4O2. The number of piperazine rings is 1. The fraction of sp³-hybridized carbons (Fsp3) is 0.250. The number of fused-ring (bicyclic) bond motifs is 1.